The molecule has 0 N–H and O–H groups in total. The van der Waals surface area contributed by atoms with E-state index in [4.69, 9.17) is 31.0 Å². The molecule has 3 aliphatic rings. The number of aromatic nitrogens is 2. The second kappa shape index (κ2) is 13.7. The number of anilines is 2. The van der Waals surface area contributed by atoms with E-state index in [1.165, 1.54) is 11.6 Å². The van der Waals surface area contributed by atoms with Gasteiger partial charge >= 0.3 is 6.01 Å². The molecule has 0 saturated carbocycles. The van der Waals surface area contributed by atoms with Gasteiger partial charge in [-0.15, -0.1) is 0 Å². The first-order chi connectivity index (χ1) is 21.4. The molecule has 3 aromatic rings. The molecule has 3 aliphatic heterocycles. The van der Waals surface area contributed by atoms with Gasteiger partial charge in [0.15, 0.2) is 0 Å². The van der Waals surface area contributed by atoms with Gasteiger partial charge in [-0.3, -0.25) is 9.69 Å². The largest absolute Gasteiger partial charge is 0.463 e. The lowest BCUT2D eigenvalue weighted by Crippen LogP contribution is -2.55. The van der Waals surface area contributed by atoms with E-state index in [-0.39, 0.29) is 18.1 Å². The molecule has 0 bridgehead atoms. The maximum Gasteiger partial charge on any atom is 0.318 e. The van der Waals surface area contributed by atoms with E-state index in [0.29, 0.717) is 32.3 Å². The second-order valence-corrected chi connectivity index (χ2v) is 12.4. The van der Waals surface area contributed by atoms with Crippen LogP contribution in [0.1, 0.15) is 37.9 Å². The quantitative estimate of drug-likeness (QED) is 0.246. The Morgan fingerprint density at radius 1 is 1.11 bits per heavy atom. The Balaban J connectivity index is 1.26. The van der Waals surface area contributed by atoms with Crippen LogP contribution in [0, 0.1) is 0 Å². The fourth-order valence-electron chi connectivity index (χ4n) is 6.81. The molecule has 1 aromatic heterocycles. The lowest BCUT2D eigenvalue weighted by atomic mass is 10.0. The molecule has 234 valence electrons. The van der Waals surface area contributed by atoms with Crippen molar-refractivity contribution in [1.29, 1.82) is 0 Å². The van der Waals surface area contributed by atoms with Crippen LogP contribution in [-0.4, -0.2) is 96.8 Å². The van der Waals surface area contributed by atoms with E-state index in [1.54, 1.807) is 0 Å². The third-order valence-electron chi connectivity index (χ3n) is 9.08. The van der Waals surface area contributed by atoms with E-state index < -0.39 is 0 Å². The number of fused-ring (bicyclic) bond motifs is 2. The van der Waals surface area contributed by atoms with E-state index >= 15 is 0 Å². The molecule has 10 heteroatoms. The van der Waals surface area contributed by atoms with Gasteiger partial charge in [-0.25, -0.2) is 0 Å². The smallest absolute Gasteiger partial charge is 0.318 e. The molecule has 0 spiro atoms. The summed E-state index contributed by atoms with van der Waals surface area (Å²) >= 11 is 6.72. The Morgan fingerprint density at radius 3 is 2.75 bits per heavy atom. The number of morpholine rings is 1. The number of rotatable bonds is 9. The number of halogens is 1. The standard InChI is InChI=1S/C34H43ClN6O3/c1-4-26-22-40(16-17-41(26)31(42)5-2)33-27-13-15-39(30-12-7-10-25-9-6-11-28(35)32(25)30)23-29(27)36-34(37-33)44-19-8-14-38-18-20-43-24(3)21-38/h5-7,9-12,24,26H,2,4,8,13-23H2,1,3H3/t24-,26-/m0/s1. The molecule has 2 atom stereocenters. The van der Waals surface area contributed by atoms with Crippen molar-refractivity contribution in [3.63, 3.8) is 0 Å². The first-order valence-corrected chi connectivity index (χ1v) is 16.3. The van der Waals surface area contributed by atoms with Crippen molar-refractivity contribution in [2.24, 2.45) is 0 Å². The zero-order valence-corrected chi connectivity index (χ0v) is 26.6. The summed E-state index contributed by atoms with van der Waals surface area (Å²) in [6.45, 7) is 15.7. The number of carbonyl (C=O) groups is 1. The average molecular weight is 619 g/mol. The molecule has 0 unspecified atom stereocenters. The van der Waals surface area contributed by atoms with Crippen LogP contribution < -0.4 is 14.5 Å². The van der Waals surface area contributed by atoms with Gasteiger partial charge < -0.3 is 24.2 Å². The highest BCUT2D eigenvalue weighted by molar-refractivity contribution is 6.36. The zero-order valence-electron chi connectivity index (χ0n) is 25.9. The number of carbonyl (C=O) groups excluding carboxylic acids is 1. The highest BCUT2D eigenvalue weighted by atomic mass is 35.5. The molecule has 44 heavy (non-hydrogen) atoms. The fourth-order valence-corrected chi connectivity index (χ4v) is 7.09. The molecule has 2 fully saturated rings. The first kappa shape index (κ1) is 30.6. The van der Waals surface area contributed by atoms with E-state index in [2.05, 4.69) is 59.4 Å². The van der Waals surface area contributed by atoms with Crippen LogP contribution in [-0.2, 0) is 22.5 Å². The Kier molecular flexibility index (Phi) is 9.54. The van der Waals surface area contributed by atoms with Crippen molar-refractivity contribution in [2.75, 3.05) is 68.8 Å². The third-order valence-corrected chi connectivity index (χ3v) is 9.40. The van der Waals surface area contributed by atoms with Gasteiger partial charge in [-0.1, -0.05) is 49.4 Å². The van der Waals surface area contributed by atoms with Gasteiger partial charge in [0.05, 0.1) is 36.6 Å². The van der Waals surface area contributed by atoms with Crippen molar-refractivity contribution < 1.29 is 14.3 Å². The molecular formula is C34H43ClN6O3. The van der Waals surface area contributed by atoms with Gasteiger partial charge in [-0.2, -0.15) is 9.97 Å². The summed E-state index contributed by atoms with van der Waals surface area (Å²) in [5.74, 6) is 0.927. The van der Waals surface area contributed by atoms with Crippen LogP contribution in [0.3, 0.4) is 0 Å². The van der Waals surface area contributed by atoms with Gasteiger partial charge in [0.2, 0.25) is 5.91 Å². The predicted octanol–water partition coefficient (Wildman–Crippen LogP) is 4.95. The average Bonchev–Trinajstić information content (AvgIpc) is 3.05. The molecule has 6 rings (SSSR count). The highest BCUT2D eigenvalue weighted by Crippen LogP contribution is 2.37. The SMILES string of the molecule is C=CC(=O)N1CCN(c2nc(OCCCN3CCO[C@@H](C)C3)nc3c2CCN(c2cccc4cccc(Cl)c24)C3)C[C@@H]1CC. The molecule has 9 nitrogen and oxygen atoms in total. The summed E-state index contributed by atoms with van der Waals surface area (Å²) in [6.07, 6.45) is 4.25. The highest BCUT2D eigenvalue weighted by Gasteiger charge is 2.33. The molecule has 2 aromatic carbocycles. The topological polar surface area (TPSA) is 74.3 Å². The maximum absolute atomic E-state index is 12.6. The van der Waals surface area contributed by atoms with Crippen LogP contribution in [0.5, 0.6) is 6.01 Å². The van der Waals surface area contributed by atoms with Crippen molar-refractivity contribution in [3.05, 3.63) is 65.3 Å². The number of hydrogen-bond donors (Lipinski definition) is 0. The summed E-state index contributed by atoms with van der Waals surface area (Å²) in [7, 11) is 0. The summed E-state index contributed by atoms with van der Waals surface area (Å²) < 4.78 is 11.9. The number of ether oxygens (including phenoxy) is 2. The number of nitrogens with zero attached hydrogens (tertiary/aromatic N) is 6. The van der Waals surface area contributed by atoms with Gasteiger partial charge in [0, 0.05) is 68.5 Å². The normalized spacial score (nSPS) is 20.9. The molecule has 0 aliphatic carbocycles. The molecule has 0 radical (unpaired) electrons. The summed E-state index contributed by atoms with van der Waals surface area (Å²) in [4.78, 5) is 31.6. The molecule has 1 amide bonds. The Hall–Kier alpha value is -3.40. The molecule has 2 saturated heterocycles. The van der Waals surface area contributed by atoms with Crippen LogP contribution in [0.15, 0.2) is 49.1 Å². The van der Waals surface area contributed by atoms with Crippen molar-refractivity contribution in [3.8, 4) is 6.01 Å². The van der Waals surface area contributed by atoms with Crippen LogP contribution >= 0.6 is 11.6 Å². The van der Waals surface area contributed by atoms with Gasteiger partial charge in [0.1, 0.15) is 5.82 Å². The summed E-state index contributed by atoms with van der Waals surface area (Å²) in [6, 6.07) is 12.9. The van der Waals surface area contributed by atoms with Crippen molar-refractivity contribution in [2.45, 2.75) is 51.8 Å². The predicted molar refractivity (Wildman–Crippen MR) is 176 cm³/mol. The number of amides is 1. The Labute approximate surface area is 265 Å². The Bertz CT molecular complexity index is 1500. The number of piperazine rings is 1. The lowest BCUT2D eigenvalue weighted by molar-refractivity contribution is -0.128. The monoisotopic (exact) mass is 618 g/mol. The maximum atomic E-state index is 12.6. The van der Waals surface area contributed by atoms with Crippen molar-refractivity contribution in [1.82, 2.24) is 19.8 Å². The van der Waals surface area contributed by atoms with E-state index in [9.17, 15) is 4.79 Å². The number of hydrogen-bond acceptors (Lipinski definition) is 8. The molecular weight excluding hydrogens is 576 g/mol. The fraction of sp³-hybridized carbons (Fsp3) is 0.500. The second-order valence-electron chi connectivity index (χ2n) is 12.0. The van der Waals surface area contributed by atoms with Gasteiger partial charge in [-0.05, 0) is 49.8 Å². The van der Waals surface area contributed by atoms with E-state index in [0.717, 1.165) is 91.6 Å². The van der Waals surface area contributed by atoms with Crippen LogP contribution in [0.4, 0.5) is 11.5 Å². The summed E-state index contributed by atoms with van der Waals surface area (Å²) in [5, 5.41) is 2.95. The van der Waals surface area contributed by atoms with Gasteiger partial charge in [0.25, 0.3) is 0 Å². The Morgan fingerprint density at radius 2 is 1.95 bits per heavy atom. The van der Waals surface area contributed by atoms with Crippen molar-refractivity contribution >= 4 is 39.8 Å². The third kappa shape index (κ3) is 6.50. The first-order valence-electron chi connectivity index (χ1n) is 15.9. The van der Waals surface area contributed by atoms with E-state index in [1.807, 2.05) is 17.0 Å². The molecule has 4 heterocycles. The minimum Gasteiger partial charge on any atom is -0.463 e. The lowest BCUT2D eigenvalue weighted by Gasteiger charge is -2.42. The van der Waals surface area contributed by atoms with Crippen LogP contribution in [0.25, 0.3) is 10.8 Å². The minimum atomic E-state index is -0.00992. The zero-order chi connectivity index (χ0) is 30.6. The summed E-state index contributed by atoms with van der Waals surface area (Å²) in [5.41, 5.74) is 3.27. The number of benzene rings is 2. The minimum absolute atomic E-state index is 0.00992. The van der Waals surface area contributed by atoms with Crippen LogP contribution in [0.2, 0.25) is 5.02 Å².